The van der Waals surface area contributed by atoms with Crippen molar-refractivity contribution < 1.29 is 8.42 Å². The van der Waals surface area contributed by atoms with Crippen LogP contribution in [-0.2, 0) is 16.6 Å². The summed E-state index contributed by atoms with van der Waals surface area (Å²) in [6.45, 7) is 2.25. The summed E-state index contributed by atoms with van der Waals surface area (Å²) in [7, 11) is -1.01. The van der Waals surface area contributed by atoms with Crippen LogP contribution in [0.15, 0.2) is 29.6 Å². The van der Waals surface area contributed by atoms with Crippen LogP contribution in [0.3, 0.4) is 0 Å². The van der Waals surface area contributed by atoms with Crippen molar-refractivity contribution in [2.45, 2.75) is 13.0 Å². The zero-order valence-corrected chi connectivity index (χ0v) is 13.4. The van der Waals surface area contributed by atoms with Gasteiger partial charge in [0.1, 0.15) is 0 Å². The highest BCUT2D eigenvalue weighted by atomic mass is 32.2. The molecule has 20 heavy (non-hydrogen) atoms. The molecule has 0 amide bonds. The van der Waals surface area contributed by atoms with Gasteiger partial charge in [-0.25, -0.2) is 13.1 Å². The monoisotopic (exact) mass is 312 g/mol. The highest BCUT2D eigenvalue weighted by Gasteiger charge is 2.07. The van der Waals surface area contributed by atoms with Gasteiger partial charge in [0, 0.05) is 17.8 Å². The second-order valence-electron chi connectivity index (χ2n) is 5.01. The van der Waals surface area contributed by atoms with Crippen LogP contribution in [0.25, 0.3) is 10.1 Å². The molecule has 0 radical (unpaired) electrons. The standard InChI is InChI=1S/C14H20N2O2S2/c1-16(9-5-8-15-20(2,17)18)10-12-11-19-14-7-4-3-6-13(12)14/h3-4,6-7,11,15H,5,8-10H2,1-2H3. The SMILES string of the molecule is CN(CCCNS(C)(=O)=O)Cc1csc2ccccc12. The van der Waals surface area contributed by atoms with E-state index in [2.05, 4.69) is 46.3 Å². The first-order valence-corrected chi connectivity index (χ1v) is 9.31. The average molecular weight is 312 g/mol. The smallest absolute Gasteiger partial charge is 0.208 e. The van der Waals surface area contributed by atoms with Gasteiger partial charge in [0.05, 0.1) is 6.26 Å². The number of benzene rings is 1. The predicted octanol–water partition coefficient (Wildman–Crippen LogP) is 2.27. The molecule has 4 nitrogen and oxygen atoms in total. The van der Waals surface area contributed by atoms with Crippen molar-refractivity contribution in [3.63, 3.8) is 0 Å². The molecule has 1 aromatic carbocycles. The van der Waals surface area contributed by atoms with Crippen LogP contribution in [-0.4, -0.2) is 39.7 Å². The third-order valence-corrected chi connectivity index (χ3v) is 4.82. The van der Waals surface area contributed by atoms with Gasteiger partial charge in [0.2, 0.25) is 10.0 Å². The molecule has 0 atom stereocenters. The summed E-state index contributed by atoms with van der Waals surface area (Å²) in [6.07, 6.45) is 2.00. The summed E-state index contributed by atoms with van der Waals surface area (Å²) in [5.74, 6) is 0. The molecule has 1 N–H and O–H groups in total. The van der Waals surface area contributed by atoms with E-state index in [1.807, 2.05) is 0 Å². The van der Waals surface area contributed by atoms with Gasteiger partial charge < -0.3 is 4.90 Å². The van der Waals surface area contributed by atoms with Crippen molar-refractivity contribution in [3.05, 3.63) is 35.2 Å². The minimum atomic E-state index is -3.07. The van der Waals surface area contributed by atoms with E-state index in [0.717, 1.165) is 19.5 Å². The number of fused-ring (bicyclic) bond motifs is 1. The van der Waals surface area contributed by atoms with Crippen LogP contribution >= 0.6 is 11.3 Å². The first-order chi connectivity index (χ1) is 9.46. The van der Waals surface area contributed by atoms with Crippen molar-refractivity contribution >= 4 is 31.4 Å². The number of hydrogen-bond donors (Lipinski definition) is 1. The van der Waals surface area contributed by atoms with E-state index in [0.29, 0.717) is 6.54 Å². The molecule has 1 aromatic heterocycles. The molecule has 0 fully saturated rings. The van der Waals surface area contributed by atoms with E-state index >= 15 is 0 Å². The third-order valence-electron chi connectivity index (χ3n) is 3.08. The maximum Gasteiger partial charge on any atom is 0.208 e. The molecule has 6 heteroatoms. The van der Waals surface area contributed by atoms with Gasteiger partial charge in [-0.2, -0.15) is 0 Å². The van der Waals surface area contributed by atoms with Crippen molar-refractivity contribution in [2.75, 3.05) is 26.4 Å². The molecule has 0 saturated carbocycles. The Balaban J connectivity index is 1.84. The number of hydrogen-bond acceptors (Lipinski definition) is 4. The molecule has 0 aliphatic carbocycles. The zero-order valence-electron chi connectivity index (χ0n) is 11.8. The molecule has 0 unspecified atom stereocenters. The van der Waals surface area contributed by atoms with Crippen LogP contribution in [0.1, 0.15) is 12.0 Å². The Bertz CT molecular complexity index is 665. The molecule has 110 valence electrons. The van der Waals surface area contributed by atoms with Crippen LogP contribution in [0.4, 0.5) is 0 Å². The molecular formula is C14H20N2O2S2. The molecule has 0 aliphatic rings. The summed E-state index contributed by atoms with van der Waals surface area (Å²) in [6, 6.07) is 8.41. The van der Waals surface area contributed by atoms with Crippen LogP contribution in [0.2, 0.25) is 0 Å². The third kappa shape index (κ3) is 4.56. The lowest BCUT2D eigenvalue weighted by Crippen LogP contribution is -2.27. The van der Waals surface area contributed by atoms with Crippen LogP contribution in [0.5, 0.6) is 0 Å². The number of sulfonamides is 1. The first-order valence-electron chi connectivity index (χ1n) is 6.54. The Morgan fingerprint density at radius 2 is 2.05 bits per heavy atom. The van der Waals surface area contributed by atoms with E-state index in [1.165, 1.54) is 21.9 Å². The highest BCUT2D eigenvalue weighted by Crippen LogP contribution is 2.26. The molecule has 0 bridgehead atoms. The van der Waals surface area contributed by atoms with E-state index < -0.39 is 10.0 Å². The molecule has 0 aliphatic heterocycles. The van der Waals surface area contributed by atoms with Crippen LogP contribution in [0, 0.1) is 0 Å². The Kier molecular flexibility index (Phi) is 5.15. The summed E-state index contributed by atoms with van der Waals surface area (Å²) < 4.78 is 25.7. The number of nitrogens with one attached hydrogen (secondary N) is 1. The summed E-state index contributed by atoms with van der Waals surface area (Å²) in [5.41, 5.74) is 1.34. The topological polar surface area (TPSA) is 49.4 Å². The number of thiophene rings is 1. The second-order valence-corrected chi connectivity index (χ2v) is 7.76. The van der Waals surface area contributed by atoms with Gasteiger partial charge in [-0.1, -0.05) is 18.2 Å². The first kappa shape index (κ1) is 15.4. The highest BCUT2D eigenvalue weighted by molar-refractivity contribution is 7.88. The van der Waals surface area contributed by atoms with E-state index in [4.69, 9.17) is 0 Å². The summed E-state index contributed by atoms with van der Waals surface area (Å²) >= 11 is 1.77. The van der Waals surface area contributed by atoms with Gasteiger partial charge in [-0.15, -0.1) is 11.3 Å². The Hall–Kier alpha value is -0.950. The number of rotatable bonds is 7. The van der Waals surface area contributed by atoms with E-state index in [-0.39, 0.29) is 0 Å². The van der Waals surface area contributed by atoms with Crippen molar-refractivity contribution in [2.24, 2.45) is 0 Å². The van der Waals surface area contributed by atoms with E-state index in [9.17, 15) is 8.42 Å². The Morgan fingerprint density at radius 1 is 1.30 bits per heavy atom. The minimum Gasteiger partial charge on any atom is -0.302 e. The Labute approximate surface area is 124 Å². The molecule has 0 saturated heterocycles. The fraction of sp³-hybridized carbons (Fsp3) is 0.429. The molecule has 2 aromatic rings. The van der Waals surface area contributed by atoms with E-state index in [1.54, 1.807) is 11.3 Å². The molecular weight excluding hydrogens is 292 g/mol. The zero-order chi connectivity index (χ0) is 14.6. The Morgan fingerprint density at radius 3 is 2.80 bits per heavy atom. The van der Waals surface area contributed by atoms with Gasteiger partial charge in [-0.3, -0.25) is 0 Å². The number of nitrogens with zero attached hydrogens (tertiary/aromatic N) is 1. The minimum absolute atomic E-state index is 0.494. The normalized spacial score (nSPS) is 12.3. The summed E-state index contributed by atoms with van der Waals surface area (Å²) in [5, 5.41) is 3.52. The van der Waals surface area contributed by atoms with Gasteiger partial charge in [-0.05, 0) is 42.4 Å². The van der Waals surface area contributed by atoms with Crippen LogP contribution < -0.4 is 4.72 Å². The molecule has 2 rings (SSSR count). The fourth-order valence-electron chi connectivity index (χ4n) is 2.13. The lowest BCUT2D eigenvalue weighted by molar-refractivity contribution is 0.324. The molecule has 1 heterocycles. The molecule has 0 spiro atoms. The van der Waals surface area contributed by atoms with Gasteiger partial charge in [0.25, 0.3) is 0 Å². The lowest BCUT2D eigenvalue weighted by atomic mass is 10.1. The maximum atomic E-state index is 11.0. The average Bonchev–Trinajstić information content (AvgIpc) is 2.77. The predicted molar refractivity (Wildman–Crippen MR) is 85.6 cm³/mol. The van der Waals surface area contributed by atoms with Crippen molar-refractivity contribution in [1.82, 2.24) is 9.62 Å². The van der Waals surface area contributed by atoms with Gasteiger partial charge in [0.15, 0.2) is 0 Å². The maximum absolute atomic E-state index is 11.0. The van der Waals surface area contributed by atoms with Gasteiger partial charge >= 0.3 is 0 Å². The summed E-state index contributed by atoms with van der Waals surface area (Å²) in [4.78, 5) is 2.22. The van der Waals surface area contributed by atoms with Crippen molar-refractivity contribution in [3.8, 4) is 0 Å². The second kappa shape index (κ2) is 6.67. The quantitative estimate of drug-likeness (QED) is 0.798. The lowest BCUT2D eigenvalue weighted by Gasteiger charge is -2.16. The van der Waals surface area contributed by atoms with Crippen molar-refractivity contribution in [1.29, 1.82) is 0 Å². The largest absolute Gasteiger partial charge is 0.302 e. The fourth-order valence-corrected chi connectivity index (χ4v) is 3.60.